The molecule has 0 bridgehead atoms. The first-order chi connectivity index (χ1) is 7.66. The van der Waals surface area contributed by atoms with Crippen LogP contribution in [0.15, 0.2) is 18.5 Å². The highest BCUT2D eigenvalue weighted by Crippen LogP contribution is 2.20. The van der Waals surface area contributed by atoms with Crippen molar-refractivity contribution in [3.8, 4) is 0 Å². The number of hydrogen-bond acceptors (Lipinski definition) is 3. The van der Waals surface area contributed by atoms with Crippen molar-refractivity contribution in [2.75, 3.05) is 13.1 Å². The summed E-state index contributed by atoms with van der Waals surface area (Å²) in [5, 5.41) is 0.755. The predicted molar refractivity (Wildman–Crippen MR) is 66.3 cm³/mol. The molecule has 2 heterocycles. The molecule has 88 valence electrons. The second-order valence-corrected chi connectivity index (χ2v) is 5.04. The maximum Gasteiger partial charge on any atom is 0.0634 e. The number of halogens is 1. The molecule has 4 heteroatoms. The Morgan fingerprint density at radius 1 is 1.62 bits per heavy atom. The number of pyridine rings is 1. The summed E-state index contributed by atoms with van der Waals surface area (Å²) in [5.74, 6) is 0.564. The zero-order valence-corrected chi connectivity index (χ0v) is 10.3. The van der Waals surface area contributed by atoms with Gasteiger partial charge in [0.25, 0.3) is 0 Å². The van der Waals surface area contributed by atoms with E-state index in [1.807, 2.05) is 6.07 Å². The summed E-state index contributed by atoms with van der Waals surface area (Å²) in [6.45, 7) is 5.23. The van der Waals surface area contributed by atoms with Crippen LogP contribution in [0, 0.1) is 5.92 Å². The van der Waals surface area contributed by atoms with Crippen LogP contribution in [0.3, 0.4) is 0 Å². The monoisotopic (exact) mass is 239 g/mol. The molecule has 1 fully saturated rings. The van der Waals surface area contributed by atoms with Crippen LogP contribution < -0.4 is 5.73 Å². The Morgan fingerprint density at radius 2 is 2.44 bits per heavy atom. The van der Waals surface area contributed by atoms with Crippen LogP contribution in [0.25, 0.3) is 0 Å². The van der Waals surface area contributed by atoms with E-state index in [2.05, 4.69) is 16.8 Å². The van der Waals surface area contributed by atoms with E-state index < -0.39 is 0 Å². The van der Waals surface area contributed by atoms with Gasteiger partial charge in [-0.05, 0) is 30.5 Å². The zero-order chi connectivity index (χ0) is 11.5. The molecule has 16 heavy (non-hydrogen) atoms. The summed E-state index contributed by atoms with van der Waals surface area (Å²) in [5.41, 5.74) is 7.15. The third-order valence-electron chi connectivity index (χ3n) is 3.31. The average molecular weight is 240 g/mol. The summed E-state index contributed by atoms with van der Waals surface area (Å²) in [4.78, 5) is 6.41. The molecule has 3 nitrogen and oxygen atoms in total. The Kier molecular flexibility index (Phi) is 3.79. The molecular weight excluding hydrogens is 222 g/mol. The van der Waals surface area contributed by atoms with Crippen LogP contribution in [-0.2, 0) is 6.54 Å². The highest BCUT2D eigenvalue weighted by molar-refractivity contribution is 6.31. The third kappa shape index (κ3) is 2.73. The Hall–Kier alpha value is -0.640. The highest BCUT2D eigenvalue weighted by atomic mass is 35.5. The number of likely N-dealkylation sites (tertiary alicyclic amines) is 1. The lowest BCUT2D eigenvalue weighted by Crippen LogP contribution is -2.45. The van der Waals surface area contributed by atoms with Gasteiger partial charge in [0.2, 0.25) is 0 Å². The van der Waals surface area contributed by atoms with E-state index in [9.17, 15) is 0 Å². The van der Waals surface area contributed by atoms with E-state index in [1.54, 1.807) is 12.4 Å². The summed E-state index contributed by atoms with van der Waals surface area (Å²) < 4.78 is 0. The molecule has 1 aliphatic heterocycles. The number of nitrogens with zero attached hydrogens (tertiary/aromatic N) is 2. The Balaban J connectivity index is 1.98. The SMILES string of the molecule is CC1CN(Cc2ccncc2Cl)CCC1N. The molecule has 0 amide bonds. The van der Waals surface area contributed by atoms with Crippen molar-refractivity contribution in [2.24, 2.45) is 11.7 Å². The number of nitrogens with two attached hydrogens (primary N) is 1. The molecular formula is C12H18ClN3. The van der Waals surface area contributed by atoms with E-state index in [-0.39, 0.29) is 0 Å². The number of hydrogen-bond donors (Lipinski definition) is 1. The quantitative estimate of drug-likeness (QED) is 0.857. The van der Waals surface area contributed by atoms with E-state index in [1.165, 1.54) is 0 Å². The van der Waals surface area contributed by atoms with Crippen LogP contribution in [-0.4, -0.2) is 29.0 Å². The fraction of sp³-hybridized carbons (Fsp3) is 0.583. The smallest absolute Gasteiger partial charge is 0.0634 e. The van der Waals surface area contributed by atoms with Gasteiger partial charge in [-0.25, -0.2) is 0 Å². The molecule has 1 aromatic heterocycles. The highest BCUT2D eigenvalue weighted by Gasteiger charge is 2.23. The Morgan fingerprint density at radius 3 is 3.12 bits per heavy atom. The standard InChI is InChI=1S/C12H18ClN3/c1-9-7-16(5-3-12(9)14)8-10-2-4-15-6-11(10)13/h2,4,6,9,12H,3,5,7-8,14H2,1H3. The maximum atomic E-state index is 6.09. The van der Waals surface area contributed by atoms with Gasteiger partial charge in [0, 0.05) is 31.5 Å². The van der Waals surface area contributed by atoms with Gasteiger partial charge >= 0.3 is 0 Å². The first kappa shape index (κ1) is 11.8. The van der Waals surface area contributed by atoms with Gasteiger partial charge in [-0.1, -0.05) is 18.5 Å². The number of piperidine rings is 1. The lowest BCUT2D eigenvalue weighted by atomic mass is 9.94. The van der Waals surface area contributed by atoms with Crippen LogP contribution in [0.1, 0.15) is 18.9 Å². The molecule has 2 N–H and O–H groups in total. The molecule has 0 radical (unpaired) electrons. The Labute approximate surface area is 102 Å². The number of aromatic nitrogens is 1. The lowest BCUT2D eigenvalue weighted by molar-refractivity contribution is 0.158. The van der Waals surface area contributed by atoms with Crippen molar-refractivity contribution in [3.63, 3.8) is 0 Å². The molecule has 1 aromatic rings. The molecule has 0 spiro atoms. The van der Waals surface area contributed by atoms with Gasteiger partial charge in [-0.15, -0.1) is 0 Å². The minimum atomic E-state index is 0.351. The van der Waals surface area contributed by atoms with E-state index in [4.69, 9.17) is 17.3 Å². The largest absolute Gasteiger partial charge is 0.327 e. The Bertz CT molecular complexity index is 356. The van der Waals surface area contributed by atoms with Crippen LogP contribution in [0.4, 0.5) is 0 Å². The third-order valence-corrected chi connectivity index (χ3v) is 3.65. The van der Waals surface area contributed by atoms with Gasteiger partial charge in [0.15, 0.2) is 0 Å². The zero-order valence-electron chi connectivity index (χ0n) is 9.56. The minimum Gasteiger partial charge on any atom is -0.327 e. The first-order valence-corrected chi connectivity index (χ1v) is 6.11. The molecule has 2 rings (SSSR count). The summed E-state index contributed by atoms with van der Waals surface area (Å²) >= 11 is 6.09. The van der Waals surface area contributed by atoms with E-state index in [0.717, 1.165) is 36.6 Å². The molecule has 2 atom stereocenters. The van der Waals surface area contributed by atoms with Crippen molar-refractivity contribution in [2.45, 2.75) is 25.9 Å². The predicted octanol–water partition coefficient (Wildman–Crippen LogP) is 1.90. The van der Waals surface area contributed by atoms with Gasteiger partial charge in [-0.3, -0.25) is 9.88 Å². The van der Waals surface area contributed by atoms with Crippen molar-refractivity contribution < 1.29 is 0 Å². The van der Waals surface area contributed by atoms with Crippen molar-refractivity contribution in [1.82, 2.24) is 9.88 Å². The minimum absolute atomic E-state index is 0.351. The van der Waals surface area contributed by atoms with Crippen molar-refractivity contribution >= 4 is 11.6 Å². The number of rotatable bonds is 2. The van der Waals surface area contributed by atoms with E-state index >= 15 is 0 Å². The summed E-state index contributed by atoms with van der Waals surface area (Å²) in [7, 11) is 0. The molecule has 0 saturated carbocycles. The van der Waals surface area contributed by atoms with Gasteiger partial charge in [0.1, 0.15) is 0 Å². The van der Waals surface area contributed by atoms with E-state index in [0.29, 0.717) is 12.0 Å². The lowest BCUT2D eigenvalue weighted by Gasteiger charge is -2.35. The van der Waals surface area contributed by atoms with Gasteiger partial charge in [-0.2, -0.15) is 0 Å². The summed E-state index contributed by atoms with van der Waals surface area (Å²) in [6, 6.07) is 2.34. The second kappa shape index (κ2) is 5.13. The molecule has 2 unspecified atom stereocenters. The fourth-order valence-corrected chi connectivity index (χ4v) is 2.35. The van der Waals surface area contributed by atoms with Crippen LogP contribution >= 0.6 is 11.6 Å². The topological polar surface area (TPSA) is 42.2 Å². The molecule has 1 aliphatic rings. The fourth-order valence-electron chi connectivity index (χ4n) is 2.17. The average Bonchev–Trinajstić information content (AvgIpc) is 2.27. The van der Waals surface area contributed by atoms with Crippen molar-refractivity contribution in [3.05, 3.63) is 29.0 Å². The van der Waals surface area contributed by atoms with Gasteiger partial charge in [0.05, 0.1) is 5.02 Å². The summed E-state index contributed by atoms with van der Waals surface area (Å²) in [6.07, 6.45) is 4.57. The van der Waals surface area contributed by atoms with Crippen molar-refractivity contribution in [1.29, 1.82) is 0 Å². The first-order valence-electron chi connectivity index (χ1n) is 5.73. The molecule has 0 aliphatic carbocycles. The maximum absolute atomic E-state index is 6.09. The second-order valence-electron chi connectivity index (χ2n) is 4.63. The molecule has 0 aromatic carbocycles. The normalized spacial score (nSPS) is 26.9. The van der Waals surface area contributed by atoms with Crippen LogP contribution in [0.5, 0.6) is 0 Å². The van der Waals surface area contributed by atoms with Gasteiger partial charge < -0.3 is 5.73 Å². The molecule has 1 saturated heterocycles. The van der Waals surface area contributed by atoms with Crippen LogP contribution in [0.2, 0.25) is 5.02 Å².